The van der Waals surface area contributed by atoms with Crippen LogP contribution in [0.4, 0.5) is 5.00 Å². The summed E-state index contributed by atoms with van der Waals surface area (Å²) < 4.78 is 0. The fourth-order valence-electron chi connectivity index (χ4n) is 2.09. The number of nitrogens with zero attached hydrogens (tertiary/aromatic N) is 1. The van der Waals surface area contributed by atoms with Crippen molar-refractivity contribution in [3.8, 4) is 0 Å². The Morgan fingerprint density at radius 2 is 2.16 bits per heavy atom. The summed E-state index contributed by atoms with van der Waals surface area (Å²) >= 11 is 0.785. The third kappa shape index (κ3) is 2.90. The number of carbonyl (C=O) groups is 2. The van der Waals surface area contributed by atoms with E-state index < -0.39 is 22.3 Å². The highest BCUT2D eigenvalue weighted by atomic mass is 32.1. The Morgan fingerprint density at radius 3 is 2.58 bits per heavy atom. The van der Waals surface area contributed by atoms with Crippen LogP contribution in [0, 0.1) is 10.1 Å². The summed E-state index contributed by atoms with van der Waals surface area (Å²) in [6.07, 6.45) is 2.00. The summed E-state index contributed by atoms with van der Waals surface area (Å²) in [7, 11) is 0. The molecular formula is C11H12N2O5S. The molecule has 0 saturated heterocycles. The number of carboxylic acids is 1. The molecule has 0 unspecified atom stereocenters. The predicted octanol–water partition coefficient (Wildman–Crippen LogP) is 1.78. The zero-order chi connectivity index (χ0) is 14.0. The monoisotopic (exact) mass is 284 g/mol. The van der Waals surface area contributed by atoms with Gasteiger partial charge in [0.05, 0.1) is 21.8 Å². The summed E-state index contributed by atoms with van der Waals surface area (Å²) in [5, 5.41) is 22.0. The Balaban J connectivity index is 2.07. The Kier molecular flexibility index (Phi) is 3.52. The smallest absolute Gasteiger partial charge is 0.324 e. The quantitative estimate of drug-likeness (QED) is 0.632. The number of nitrogens with one attached hydrogen (secondary N) is 1. The second kappa shape index (κ2) is 4.96. The largest absolute Gasteiger partial charge is 0.481 e. The van der Waals surface area contributed by atoms with Crippen LogP contribution in [0.25, 0.3) is 0 Å². The summed E-state index contributed by atoms with van der Waals surface area (Å²) in [6.45, 7) is 0. The summed E-state index contributed by atoms with van der Waals surface area (Å²) in [4.78, 5) is 32.9. The predicted molar refractivity (Wildman–Crippen MR) is 67.3 cm³/mol. The molecule has 1 aliphatic carbocycles. The van der Waals surface area contributed by atoms with E-state index in [1.807, 2.05) is 0 Å². The molecule has 0 radical (unpaired) electrons. The lowest BCUT2D eigenvalue weighted by Gasteiger charge is -2.41. The van der Waals surface area contributed by atoms with Crippen molar-refractivity contribution in [2.24, 2.45) is 0 Å². The third-order valence-corrected chi connectivity index (χ3v) is 4.21. The van der Waals surface area contributed by atoms with Crippen LogP contribution in [0.3, 0.4) is 0 Å². The Morgan fingerprint density at radius 1 is 1.47 bits per heavy atom. The van der Waals surface area contributed by atoms with Crippen molar-refractivity contribution in [3.63, 3.8) is 0 Å². The molecule has 2 N–H and O–H groups in total. The molecule has 8 heteroatoms. The number of aliphatic carboxylic acids is 1. The molecule has 19 heavy (non-hydrogen) atoms. The molecule has 7 nitrogen and oxygen atoms in total. The lowest BCUT2D eigenvalue weighted by atomic mass is 9.74. The van der Waals surface area contributed by atoms with Gasteiger partial charge in [0.2, 0.25) is 0 Å². The van der Waals surface area contributed by atoms with E-state index in [-0.39, 0.29) is 16.3 Å². The van der Waals surface area contributed by atoms with Gasteiger partial charge in [0.1, 0.15) is 0 Å². The van der Waals surface area contributed by atoms with E-state index in [0.29, 0.717) is 12.8 Å². The van der Waals surface area contributed by atoms with E-state index in [1.54, 1.807) is 0 Å². The number of hydrogen-bond acceptors (Lipinski definition) is 5. The molecule has 2 rings (SSSR count). The molecule has 0 aliphatic heterocycles. The highest BCUT2D eigenvalue weighted by Crippen LogP contribution is 2.35. The van der Waals surface area contributed by atoms with Crippen LogP contribution < -0.4 is 5.32 Å². The molecule has 1 amide bonds. The van der Waals surface area contributed by atoms with E-state index in [0.717, 1.165) is 17.8 Å². The Hall–Kier alpha value is -1.96. The minimum absolute atomic E-state index is 0.106. The second-order valence-electron chi connectivity index (χ2n) is 4.55. The van der Waals surface area contributed by atoms with E-state index in [9.17, 15) is 19.7 Å². The molecule has 1 aliphatic rings. The lowest BCUT2D eigenvalue weighted by molar-refractivity contribution is -0.380. The summed E-state index contributed by atoms with van der Waals surface area (Å²) in [5.74, 6) is -1.41. The molecule has 1 saturated carbocycles. The van der Waals surface area contributed by atoms with Gasteiger partial charge in [0.15, 0.2) is 0 Å². The standard InChI is InChI=1S/C11H12N2O5S/c14-9(15)6-11(4-1-5-11)12-10(16)7-2-3-8(19-7)13(17)18/h2-3H,1,4-6H2,(H,12,16)(H,14,15). The first kappa shape index (κ1) is 13.5. The molecule has 0 bridgehead atoms. The molecule has 102 valence electrons. The topological polar surface area (TPSA) is 110 Å². The van der Waals surface area contributed by atoms with Crippen LogP contribution in [-0.4, -0.2) is 27.4 Å². The number of amides is 1. The Labute approximate surface area is 112 Å². The van der Waals surface area contributed by atoms with E-state index in [1.165, 1.54) is 12.1 Å². The summed E-state index contributed by atoms with van der Waals surface area (Å²) in [5.41, 5.74) is -0.693. The average molecular weight is 284 g/mol. The molecule has 1 aromatic heterocycles. The Bertz CT molecular complexity index is 535. The van der Waals surface area contributed by atoms with Gasteiger partial charge >= 0.3 is 11.0 Å². The second-order valence-corrected chi connectivity index (χ2v) is 5.62. The fourth-order valence-corrected chi connectivity index (χ4v) is 2.81. The van der Waals surface area contributed by atoms with Crippen molar-refractivity contribution < 1.29 is 19.6 Å². The summed E-state index contributed by atoms with van der Waals surface area (Å²) in [6, 6.07) is 2.65. The third-order valence-electron chi connectivity index (χ3n) is 3.17. The van der Waals surface area contributed by atoms with Crippen molar-refractivity contribution in [1.82, 2.24) is 5.32 Å². The highest BCUT2D eigenvalue weighted by molar-refractivity contribution is 7.17. The highest BCUT2D eigenvalue weighted by Gasteiger charge is 2.40. The van der Waals surface area contributed by atoms with Crippen LogP contribution in [0.15, 0.2) is 12.1 Å². The number of carbonyl (C=O) groups excluding carboxylic acids is 1. The number of thiophene rings is 1. The van der Waals surface area contributed by atoms with Gasteiger partial charge in [-0.3, -0.25) is 19.7 Å². The maximum absolute atomic E-state index is 12.0. The van der Waals surface area contributed by atoms with Crippen molar-refractivity contribution in [2.75, 3.05) is 0 Å². The van der Waals surface area contributed by atoms with Gasteiger partial charge in [-0.15, -0.1) is 0 Å². The molecular weight excluding hydrogens is 272 g/mol. The van der Waals surface area contributed by atoms with Gasteiger partial charge in [-0.2, -0.15) is 0 Å². The molecule has 1 heterocycles. The molecule has 1 fully saturated rings. The van der Waals surface area contributed by atoms with Crippen LogP contribution in [0.2, 0.25) is 0 Å². The van der Waals surface area contributed by atoms with Gasteiger partial charge in [0.25, 0.3) is 5.91 Å². The van der Waals surface area contributed by atoms with Crippen molar-refractivity contribution in [1.29, 1.82) is 0 Å². The minimum Gasteiger partial charge on any atom is -0.481 e. The maximum Gasteiger partial charge on any atom is 0.324 e. The molecule has 0 atom stereocenters. The molecule has 1 aromatic rings. The van der Waals surface area contributed by atoms with Crippen LogP contribution in [-0.2, 0) is 4.79 Å². The van der Waals surface area contributed by atoms with Gasteiger partial charge in [-0.05, 0) is 25.3 Å². The van der Waals surface area contributed by atoms with E-state index >= 15 is 0 Å². The number of carboxylic acid groups (broad SMARTS) is 1. The lowest BCUT2D eigenvalue weighted by Crippen LogP contribution is -2.54. The van der Waals surface area contributed by atoms with Gasteiger partial charge in [-0.1, -0.05) is 11.3 Å². The number of hydrogen-bond donors (Lipinski definition) is 2. The van der Waals surface area contributed by atoms with Crippen LogP contribution in [0.5, 0.6) is 0 Å². The maximum atomic E-state index is 12.0. The minimum atomic E-state index is -0.961. The van der Waals surface area contributed by atoms with Crippen LogP contribution in [0.1, 0.15) is 35.4 Å². The molecule has 0 aromatic carbocycles. The van der Waals surface area contributed by atoms with Crippen molar-refractivity contribution in [2.45, 2.75) is 31.2 Å². The van der Waals surface area contributed by atoms with Crippen LogP contribution >= 0.6 is 11.3 Å². The first-order valence-electron chi connectivity index (χ1n) is 5.70. The van der Waals surface area contributed by atoms with Crippen molar-refractivity contribution >= 4 is 28.2 Å². The van der Waals surface area contributed by atoms with E-state index in [4.69, 9.17) is 5.11 Å². The number of nitro groups is 1. The van der Waals surface area contributed by atoms with Gasteiger partial charge in [-0.25, -0.2) is 0 Å². The fraction of sp³-hybridized carbons (Fsp3) is 0.455. The van der Waals surface area contributed by atoms with E-state index in [2.05, 4.69) is 5.32 Å². The van der Waals surface area contributed by atoms with Crippen molar-refractivity contribution in [3.05, 3.63) is 27.1 Å². The SMILES string of the molecule is O=C(O)CC1(NC(=O)c2ccc([N+](=O)[O-])s2)CCC1. The van der Waals surface area contributed by atoms with Gasteiger partial charge in [0, 0.05) is 6.07 Å². The molecule has 0 spiro atoms. The zero-order valence-corrected chi connectivity index (χ0v) is 10.7. The normalized spacial score (nSPS) is 16.4. The average Bonchev–Trinajstić information content (AvgIpc) is 2.74. The van der Waals surface area contributed by atoms with Gasteiger partial charge < -0.3 is 10.4 Å². The number of rotatable bonds is 5. The first-order valence-corrected chi connectivity index (χ1v) is 6.52. The zero-order valence-electron chi connectivity index (χ0n) is 9.92. The first-order chi connectivity index (χ1) is 8.92.